The van der Waals surface area contributed by atoms with E-state index >= 15 is 0 Å². The van der Waals surface area contributed by atoms with E-state index in [1.165, 1.54) is 38.5 Å². The summed E-state index contributed by atoms with van der Waals surface area (Å²) in [5.74, 6) is 1.59. The minimum Gasteiger partial charge on any atom is -0.365 e. The lowest BCUT2D eigenvalue weighted by Gasteiger charge is -2.65. The van der Waals surface area contributed by atoms with Gasteiger partial charge in [-0.2, -0.15) is 0 Å². The Kier molecular flexibility index (Phi) is 3.41. The van der Waals surface area contributed by atoms with E-state index in [9.17, 15) is 0 Å². The minimum atomic E-state index is -0.112. The molecule has 1 aliphatic heterocycles. The van der Waals surface area contributed by atoms with Crippen LogP contribution in [0.25, 0.3) is 0 Å². The molecule has 21 heavy (non-hydrogen) atoms. The monoisotopic (exact) mass is 290 g/mol. The molecule has 0 N–H and O–H groups in total. The van der Waals surface area contributed by atoms with Crippen LogP contribution in [0, 0.1) is 22.7 Å². The van der Waals surface area contributed by atoms with Crippen LogP contribution in [0.15, 0.2) is 12.7 Å². The van der Waals surface area contributed by atoms with Gasteiger partial charge in [0.25, 0.3) is 0 Å². The second kappa shape index (κ2) is 4.60. The first-order valence-corrected chi connectivity index (χ1v) is 8.99. The van der Waals surface area contributed by atoms with E-state index in [-0.39, 0.29) is 11.2 Å². The van der Waals surface area contributed by atoms with Gasteiger partial charge in [-0.3, -0.25) is 0 Å². The van der Waals surface area contributed by atoms with Gasteiger partial charge in [0, 0.05) is 0 Å². The van der Waals surface area contributed by atoms with Crippen molar-refractivity contribution < 1.29 is 4.74 Å². The number of hydrogen-bond donors (Lipinski definition) is 0. The van der Waals surface area contributed by atoms with E-state index < -0.39 is 0 Å². The summed E-state index contributed by atoms with van der Waals surface area (Å²) >= 11 is 0. The number of fused-ring (bicyclic) bond motifs is 3. The highest BCUT2D eigenvalue weighted by molar-refractivity contribution is 5.12. The average Bonchev–Trinajstić information content (AvgIpc) is 2.36. The lowest BCUT2D eigenvalue weighted by atomic mass is 9.44. The lowest BCUT2D eigenvalue weighted by molar-refractivity contribution is -0.252. The molecule has 2 saturated carbocycles. The molecule has 0 amide bonds. The molecular formula is C20H34O. The fourth-order valence-electron chi connectivity index (χ4n) is 6.52. The van der Waals surface area contributed by atoms with Gasteiger partial charge in [-0.15, -0.1) is 6.58 Å². The molecule has 0 unspecified atom stereocenters. The third-order valence-electron chi connectivity index (χ3n) is 7.57. The summed E-state index contributed by atoms with van der Waals surface area (Å²) < 4.78 is 6.68. The van der Waals surface area contributed by atoms with Gasteiger partial charge < -0.3 is 4.74 Å². The van der Waals surface area contributed by atoms with Gasteiger partial charge in [-0.1, -0.05) is 33.3 Å². The summed E-state index contributed by atoms with van der Waals surface area (Å²) in [6.45, 7) is 16.2. The SMILES string of the molecule is C=C[C@]1(C)CC[C@H]2[C@]3(C)CCCC(C)(C)[C@@H]3CC[C@]2(C)O1. The molecule has 5 atom stereocenters. The Hall–Kier alpha value is -0.300. The van der Waals surface area contributed by atoms with E-state index in [1.54, 1.807) is 0 Å². The quantitative estimate of drug-likeness (QED) is 0.559. The number of ether oxygens (including phenoxy) is 1. The molecule has 0 bridgehead atoms. The zero-order chi connectivity index (χ0) is 15.5. The highest BCUT2D eigenvalue weighted by atomic mass is 16.5. The Labute approximate surface area is 131 Å². The highest BCUT2D eigenvalue weighted by Gasteiger charge is 2.61. The number of rotatable bonds is 1. The van der Waals surface area contributed by atoms with Crippen molar-refractivity contribution in [3.05, 3.63) is 12.7 Å². The van der Waals surface area contributed by atoms with Crippen LogP contribution >= 0.6 is 0 Å². The van der Waals surface area contributed by atoms with Crippen molar-refractivity contribution in [3.63, 3.8) is 0 Å². The zero-order valence-corrected chi connectivity index (χ0v) is 14.8. The Morgan fingerprint density at radius 1 is 0.905 bits per heavy atom. The van der Waals surface area contributed by atoms with Crippen LogP contribution in [0.1, 0.15) is 79.6 Å². The van der Waals surface area contributed by atoms with Crippen LogP contribution in [0.4, 0.5) is 0 Å². The molecule has 1 saturated heterocycles. The Balaban J connectivity index is 1.94. The number of hydrogen-bond acceptors (Lipinski definition) is 1. The van der Waals surface area contributed by atoms with Crippen molar-refractivity contribution >= 4 is 0 Å². The van der Waals surface area contributed by atoms with Crippen LogP contribution in [0.2, 0.25) is 0 Å². The summed E-state index contributed by atoms with van der Waals surface area (Å²) in [6, 6.07) is 0. The molecular weight excluding hydrogens is 256 g/mol. The topological polar surface area (TPSA) is 9.23 Å². The smallest absolute Gasteiger partial charge is 0.0839 e. The maximum atomic E-state index is 6.68. The predicted molar refractivity (Wildman–Crippen MR) is 89.3 cm³/mol. The van der Waals surface area contributed by atoms with Gasteiger partial charge in [0.1, 0.15) is 0 Å². The van der Waals surface area contributed by atoms with Gasteiger partial charge in [-0.05, 0) is 75.0 Å². The molecule has 0 spiro atoms. The lowest BCUT2D eigenvalue weighted by Crippen LogP contribution is -2.62. The van der Waals surface area contributed by atoms with Crippen molar-refractivity contribution in [2.75, 3.05) is 0 Å². The predicted octanol–water partition coefficient (Wildman–Crippen LogP) is 5.74. The van der Waals surface area contributed by atoms with Crippen molar-refractivity contribution in [1.29, 1.82) is 0 Å². The summed E-state index contributed by atoms with van der Waals surface area (Å²) in [6.07, 6.45) is 11.2. The first kappa shape index (κ1) is 15.6. The maximum absolute atomic E-state index is 6.68. The van der Waals surface area contributed by atoms with Crippen molar-refractivity contribution in [2.24, 2.45) is 22.7 Å². The molecule has 1 heteroatoms. The van der Waals surface area contributed by atoms with Crippen molar-refractivity contribution in [1.82, 2.24) is 0 Å². The van der Waals surface area contributed by atoms with Crippen LogP contribution in [-0.4, -0.2) is 11.2 Å². The Morgan fingerprint density at radius 2 is 1.57 bits per heavy atom. The van der Waals surface area contributed by atoms with Gasteiger partial charge in [-0.25, -0.2) is 0 Å². The molecule has 3 fully saturated rings. The standard InChI is InChI=1S/C20H34O/c1-7-18(4)13-9-16-19(5)12-8-11-17(2,3)15(19)10-14-20(16,6)21-18/h7,15-16H,1,8-14H2,2-6H3/t15-,16-,18+,19+,20-/m0/s1. The minimum absolute atomic E-state index is 0.0554. The molecule has 3 rings (SSSR count). The van der Waals surface area contributed by atoms with E-state index in [0.29, 0.717) is 10.8 Å². The van der Waals surface area contributed by atoms with E-state index in [4.69, 9.17) is 4.74 Å². The molecule has 0 aromatic rings. The molecule has 3 aliphatic rings. The molecule has 120 valence electrons. The molecule has 0 aromatic heterocycles. The second-order valence-electron chi connectivity index (χ2n) is 9.46. The van der Waals surface area contributed by atoms with E-state index in [0.717, 1.165) is 18.3 Å². The highest BCUT2D eigenvalue weighted by Crippen LogP contribution is 2.65. The summed E-state index contributed by atoms with van der Waals surface area (Å²) in [5.41, 5.74) is 0.920. The van der Waals surface area contributed by atoms with E-state index in [2.05, 4.69) is 41.2 Å². The fraction of sp³-hybridized carbons (Fsp3) is 0.900. The van der Waals surface area contributed by atoms with Crippen molar-refractivity contribution in [2.45, 2.75) is 90.8 Å². The second-order valence-corrected chi connectivity index (χ2v) is 9.46. The Morgan fingerprint density at radius 3 is 2.24 bits per heavy atom. The molecule has 2 aliphatic carbocycles. The molecule has 1 nitrogen and oxygen atoms in total. The fourth-order valence-corrected chi connectivity index (χ4v) is 6.52. The normalized spacial score (nSPS) is 52.6. The van der Waals surface area contributed by atoms with Crippen LogP contribution in [-0.2, 0) is 4.74 Å². The first-order valence-electron chi connectivity index (χ1n) is 8.99. The summed E-state index contributed by atoms with van der Waals surface area (Å²) in [7, 11) is 0. The van der Waals surface area contributed by atoms with Gasteiger partial charge in [0.2, 0.25) is 0 Å². The van der Waals surface area contributed by atoms with Gasteiger partial charge in [0.05, 0.1) is 11.2 Å². The van der Waals surface area contributed by atoms with Crippen molar-refractivity contribution in [3.8, 4) is 0 Å². The molecule has 0 radical (unpaired) electrons. The van der Waals surface area contributed by atoms with Crippen LogP contribution in [0.3, 0.4) is 0 Å². The largest absolute Gasteiger partial charge is 0.365 e. The van der Waals surface area contributed by atoms with Crippen LogP contribution in [0.5, 0.6) is 0 Å². The average molecular weight is 290 g/mol. The van der Waals surface area contributed by atoms with Crippen LogP contribution < -0.4 is 0 Å². The first-order chi connectivity index (χ1) is 9.65. The molecule has 1 heterocycles. The summed E-state index contributed by atoms with van der Waals surface area (Å²) in [4.78, 5) is 0. The maximum Gasteiger partial charge on any atom is 0.0839 e. The van der Waals surface area contributed by atoms with Gasteiger partial charge in [0.15, 0.2) is 0 Å². The third-order valence-corrected chi connectivity index (χ3v) is 7.57. The summed E-state index contributed by atoms with van der Waals surface area (Å²) in [5, 5.41) is 0. The van der Waals surface area contributed by atoms with Gasteiger partial charge >= 0.3 is 0 Å². The van der Waals surface area contributed by atoms with E-state index in [1.807, 2.05) is 6.08 Å². The third kappa shape index (κ3) is 2.22. The Bertz CT molecular complexity index is 439. The molecule has 0 aromatic carbocycles. The zero-order valence-electron chi connectivity index (χ0n) is 14.8.